The molecule has 1 aliphatic carbocycles. The third-order valence-electron chi connectivity index (χ3n) is 3.94. The predicted octanol–water partition coefficient (Wildman–Crippen LogP) is 1.55. The number of aliphatic hydroxyl groups excluding tert-OH is 1. The second kappa shape index (κ2) is 4.66. The summed E-state index contributed by atoms with van der Waals surface area (Å²) in [4.78, 5) is 21.4. The highest BCUT2D eigenvalue weighted by atomic mass is 16.3. The first kappa shape index (κ1) is 12.2. The fourth-order valence-corrected chi connectivity index (χ4v) is 2.85. The summed E-state index contributed by atoms with van der Waals surface area (Å²) >= 11 is 0. The molecule has 5 heteroatoms. The van der Waals surface area contributed by atoms with Crippen LogP contribution < -0.4 is 0 Å². The summed E-state index contributed by atoms with van der Waals surface area (Å²) in [5, 5.41) is 10.7. The minimum Gasteiger partial charge on any atom is -0.391 e. The molecule has 0 radical (unpaired) electrons. The monoisotopic (exact) mass is 259 g/mol. The van der Waals surface area contributed by atoms with Gasteiger partial charge in [-0.15, -0.1) is 0 Å². The lowest BCUT2D eigenvalue weighted by molar-refractivity contribution is 0.0540. The Kier molecular flexibility index (Phi) is 2.98. The molecule has 1 saturated carbocycles. The van der Waals surface area contributed by atoms with Gasteiger partial charge in [0.2, 0.25) is 0 Å². The van der Waals surface area contributed by atoms with Crippen LogP contribution in [0.15, 0.2) is 24.5 Å². The van der Waals surface area contributed by atoms with E-state index in [0.29, 0.717) is 11.2 Å². The van der Waals surface area contributed by atoms with E-state index in [-0.39, 0.29) is 11.9 Å². The summed E-state index contributed by atoms with van der Waals surface area (Å²) in [5.74, 6) is -0.0646. The van der Waals surface area contributed by atoms with Crippen LogP contribution in [-0.4, -0.2) is 45.1 Å². The number of fused-ring (bicyclic) bond motifs is 1. The molecule has 0 aromatic carbocycles. The number of aliphatic hydroxyl groups is 1. The van der Waals surface area contributed by atoms with E-state index in [4.69, 9.17) is 0 Å². The first-order valence-corrected chi connectivity index (χ1v) is 6.56. The van der Waals surface area contributed by atoms with E-state index >= 15 is 0 Å². The number of amides is 1. The molecule has 2 aromatic heterocycles. The third kappa shape index (κ3) is 2.00. The maximum atomic E-state index is 12.5. The van der Waals surface area contributed by atoms with Crippen LogP contribution in [-0.2, 0) is 0 Å². The van der Waals surface area contributed by atoms with E-state index in [1.54, 1.807) is 24.3 Å². The van der Waals surface area contributed by atoms with Gasteiger partial charge in [-0.1, -0.05) is 0 Å². The molecule has 2 aromatic rings. The molecule has 0 bridgehead atoms. The molecular weight excluding hydrogens is 242 g/mol. The van der Waals surface area contributed by atoms with Crippen LogP contribution >= 0.6 is 0 Å². The highest BCUT2D eigenvalue weighted by Gasteiger charge is 2.32. The fraction of sp³-hybridized carbons (Fsp3) is 0.429. The number of carbonyl (C=O) groups excluding carboxylic acids is 1. The van der Waals surface area contributed by atoms with Gasteiger partial charge in [-0.2, -0.15) is 0 Å². The average Bonchev–Trinajstić information content (AvgIpc) is 3.03. The summed E-state index contributed by atoms with van der Waals surface area (Å²) in [7, 11) is 1.76. The number of hydrogen-bond donors (Lipinski definition) is 2. The van der Waals surface area contributed by atoms with Crippen LogP contribution in [0.5, 0.6) is 0 Å². The van der Waals surface area contributed by atoms with Gasteiger partial charge in [0, 0.05) is 24.8 Å². The van der Waals surface area contributed by atoms with Gasteiger partial charge in [0.1, 0.15) is 5.65 Å². The second-order valence-corrected chi connectivity index (χ2v) is 5.08. The number of nitrogens with zero attached hydrogens (tertiary/aromatic N) is 2. The molecule has 1 fully saturated rings. The minimum absolute atomic E-state index is 0.0646. The van der Waals surface area contributed by atoms with Gasteiger partial charge >= 0.3 is 0 Å². The van der Waals surface area contributed by atoms with Crippen molar-refractivity contribution in [3.8, 4) is 0 Å². The lowest BCUT2D eigenvalue weighted by atomic mass is 10.1. The number of rotatable bonds is 2. The van der Waals surface area contributed by atoms with E-state index in [2.05, 4.69) is 9.97 Å². The Morgan fingerprint density at radius 2 is 2.37 bits per heavy atom. The van der Waals surface area contributed by atoms with Crippen molar-refractivity contribution in [2.24, 2.45) is 0 Å². The van der Waals surface area contributed by atoms with E-state index in [1.165, 1.54) is 0 Å². The van der Waals surface area contributed by atoms with Crippen LogP contribution in [0.3, 0.4) is 0 Å². The number of nitrogens with one attached hydrogen (secondary N) is 1. The molecular formula is C14H17N3O2. The molecule has 0 saturated heterocycles. The van der Waals surface area contributed by atoms with Crippen LogP contribution in [0.2, 0.25) is 0 Å². The van der Waals surface area contributed by atoms with Crippen molar-refractivity contribution < 1.29 is 9.90 Å². The van der Waals surface area contributed by atoms with Crippen LogP contribution in [0.25, 0.3) is 11.0 Å². The normalized spacial score (nSPS) is 22.8. The first-order chi connectivity index (χ1) is 9.18. The molecule has 100 valence electrons. The molecule has 0 aliphatic heterocycles. The standard InChI is InChI=1S/C14H17N3O2/c1-17(11-5-2-6-12(11)18)14(19)10-8-16-13-9(10)4-3-7-15-13/h3-4,7-8,11-12,18H,2,5-6H2,1H3,(H,15,16)/t11-,12-/m1/s1. The largest absolute Gasteiger partial charge is 0.391 e. The number of hydrogen-bond acceptors (Lipinski definition) is 3. The van der Waals surface area contributed by atoms with Crippen molar-refractivity contribution in [1.82, 2.24) is 14.9 Å². The summed E-state index contributed by atoms with van der Waals surface area (Å²) in [5.41, 5.74) is 1.33. The number of likely N-dealkylation sites (N-methyl/N-ethyl adjacent to an activating group) is 1. The van der Waals surface area contributed by atoms with Gasteiger partial charge in [0.05, 0.1) is 17.7 Å². The number of aromatic nitrogens is 2. The van der Waals surface area contributed by atoms with Crippen molar-refractivity contribution in [3.05, 3.63) is 30.1 Å². The molecule has 1 aliphatic rings. The molecule has 3 rings (SSSR count). The summed E-state index contributed by atoms with van der Waals surface area (Å²) in [6.07, 6.45) is 5.59. The molecule has 19 heavy (non-hydrogen) atoms. The number of pyridine rings is 1. The zero-order valence-electron chi connectivity index (χ0n) is 10.8. The maximum Gasteiger partial charge on any atom is 0.256 e. The Morgan fingerprint density at radius 1 is 1.53 bits per heavy atom. The van der Waals surface area contributed by atoms with Crippen LogP contribution in [0.1, 0.15) is 29.6 Å². The summed E-state index contributed by atoms with van der Waals surface area (Å²) in [6, 6.07) is 3.62. The van der Waals surface area contributed by atoms with Gasteiger partial charge in [-0.05, 0) is 31.4 Å². The first-order valence-electron chi connectivity index (χ1n) is 6.56. The lowest BCUT2D eigenvalue weighted by Gasteiger charge is -2.27. The molecule has 2 atom stereocenters. The van der Waals surface area contributed by atoms with Gasteiger partial charge < -0.3 is 15.0 Å². The molecule has 2 N–H and O–H groups in total. The molecule has 1 amide bonds. The quantitative estimate of drug-likeness (QED) is 0.859. The number of aromatic amines is 1. The van der Waals surface area contributed by atoms with Crippen LogP contribution in [0, 0.1) is 0 Å². The molecule has 0 spiro atoms. The van der Waals surface area contributed by atoms with Crippen molar-refractivity contribution in [2.45, 2.75) is 31.4 Å². The lowest BCUT2D eigenvalue weighted by Crippen LogP contribution is -2.41. The smallest absolute Gasteiger partial charge is 0.256 e. The van der Waals surface area contributed by atoms with E-state index < -0.39 is 6.10 Å². The Labute approximate surface area is 111 Å². The Morgan fingerprint density at radius 3 is 3.11 bits per heavy atom. The van der Waals surface area contributed by atoms with Gasteiger partial charge in [-0.3, -0.25) is 4.79 Å². The van der Waals surface area contributed by atoms with Gasteiger partial charge in [0.25, 0.3) is 5.91 Å². The minimum atomic E-state index is -0.405. The zero-order valence-corrected chi connectivity index (χ0v) is 10.8. The Balaban J connectivity index is 1.91. The average molecular weight is 259 g/mol. The Bertz CT molecular complexity index is 608. The highest BCUT2D eigenvalue weighted by Crippen LogP contribution is 2.26. The van der Waals surface area contributed by atoms with Gasteiger partial charge in [0.15, 0.2) is 0 Å². The molecule has 0 unspecified atom stereocenters. The van der Waals surface area contributed by atoms with E-state index in [1.807, 2.05) is 12.1 Å². The predicted molar refractivity (Wildman–Crippen MR) is 71.8 cm³/mol. The highest BCUT2D eigenvalue weighted by molar-refractivity contribution is 6.05. The summed E-state index contributed by atoms with van der Waals surface area (Å²) < 4.78 is 0. The maximum absolute atomic E-state index is 12.5. The van der Waals surface area contributed by atoms with E-state index in [9.17, 15) is 9.90 Å². The van der Waals surface area contributed by atoms with Crippen LogP contribution in [0.4, 0.5) is 0 Å². The van der Waals surface area contributed by atoms with Crippen molar-refractivity contribution >= 4 is 16.9 Å². The summed E-state index contributed by atoms with van der Waals surface area (Å²) in [6.45, 7) is 0. The number of carbonyl (C=O) groups is 1. The molecule has 5 nitrogen and oxygen atoms in total. The fourth-order valence-electron chi connectivity index (χ4n) is 2.85. The van der Waals surface area contributed by atoms with Crippen molar-refractivity contribution in [2.75, 3.05) is 7.05 Å². The topological polar surface area (TPSA) is 69.2 Å². The number of H-pyrrole nitrogens is 1. The molecule has 2 heterocycles. The third-order valence-corrected chi connectivity index (χ3v) is 3.94. The van der Waals surface area contributed by atoms with Crippen molar-refractivity contribution in [1.29, 1.82) is 0 Å². The van der Waals surface area contributed by atoms with E-state index in [0.717, 1.165) is 24.6 Å². The van der Waals surface area contributed by atoms with Gasteiger partial charge in [-0.25, -0.2) is 4.98 Å². The SMILES string of the molecule is CN(C(=O)c1c[nH]c2ncccc12)[C@@H]1CCC[C@H]1O. The second-order valence-electron chi connectivity index (χ2n) is 5.08. The zero-order chi connectivity index (χ0) is 13.4. The Hall–Kier alpha value is -1.88. The van der Waals surface area contributed by atoms with Crippen molar-refractivity contribution in [3.63, 3.8) is 0 Å².